The van der Waals surface area contributed by atoms with Gasteiger partial charge in [-0.15, -0.1) is 0 Å². The topological polar surface area (TPSA) is 71.5 Å². The molecule has 11 heteroatoms. The minimum atomic E-state index is -6.32. The first-order chi connectivity index (χ1) is 8.46. The number of hydrogen-bond acceptors (Lipinski definition) is 4. The molecular formula is C8H7F4NO4S2. The van der Waals surface area contributed by atoms with Crippen LogP contribution in [0.25, 0.3) is 0 Å². The lowest BCUT2D eigenvalue weighted by molar-refractivity contribution is -0.0472. The second-order valence-electron chi connectivity index (χ2n) is 3.31. The third kappa shape index (κ3) is 3.64. The van der Waals surface area contributed by atoms with E-state index in [0.29, 0.717) is 0 Å². The molecule has 0 saturated heterocycles. The number of halogens is 4. The van der Waals surface area contributed by atoms with Gasteiger partial charge in [-0.25, -0.2) is 8.42 Å². The lowest BCUT2D eigenvalue weighted by Gasteiger charge is -2.18. The first-order valence-electron chi connectivity index (χ1n) is 4.54. The highest BCUT2D eigenvalue weighted by Crippen LogP contribution is 2.30. The maximum Gasteiger partial charge on any atom is 0.512 e. The molecule has 0 amide bonds. The number of benzene rings is 1. The molecule has 0 spiro atoms. The molecule has 0 saturated carbocycles. The number of rotatable bonds is 4. The van der Waals surface area contributed by atoms with Crippen molar-refractivity contribution in [2.45, 2.75) is 12.1 Å². The molecule has 1 aromatic rings. The molecule has 0 bridgehead atoms. The van der Waals surface area contributed by atoms with Gasteiger partial charge in [0.1, 0.15) is 0 Å². The SMILES string of the molecule is O=S(=O)(F)N(Cc1ccccc1)S(=O)(=O)C(F)(F)F. The van der Waals surface area contributed by atoms with Gasteiger partial charge in [0.2, 0.25) is 0 Å². The first kappa shape index (κ1) is 15.9. The van der Waals surface area contributed by atoms with E-state index < -0.39 is 36.2 Å². The maximum atomic E-state index is 12.8. The van der Waals surface area contributed by atoms with E-state index in [0.717, 1.165) is 12.1 Å². The summed E-state index contributed by atoms with van der Waals surface area (Å²) in [6, 6.07) is 6.45. The summed E-state index contributed by atoms with van der Waals surface area (Å²) in [6.45, 7) is -1.28. The zero-order valence-electron chi connectivity index (χ0n) is 9.00. The Hall–Kier alpha value is -1.20. The second kappa shape index (κ2) is 5.06. The van der Waals surface area contributed by atoms with Gasteiger partial charge in [0.15, 0.2) is 0 Å². The standard InChI is InChI=1S/C8H7F4NO4S2/c9-8(10,11)18(14,15)13(19(12,16)17)6-7-4-2-1-3-5-7/h1-5H,6H2. The van der Waals surface area contributed by atoms with Crippen molar-refractivity contribution in [3.8, 4) is 0 Å². The average molecular weight is 321 g/mol. The summed E-state index contributed by atoms with van der Waals surface area (Å²) >= 11 is 0. The maximum absolute atomic E-state index is 12.8. The summed E-state index contributed by atoms with van der Waals surface area (Å²) in [5.41, 5.74) is -6.03. The predicted molar refractivity (Wildman–Crippen MR) is 57.0 cm³/mol. The Morgan fingerprint density at radius 1 is 1.00 bits per heavy atom. The Bertz CT molecular complexity index is 639. The van der Waals surface area contributed by atoms with Crippen LogP contribution in [0.1, 0.15) is 5.56 Å². The van der Waals surface area contributed by atoms with Gasteiger partial charge in [0.25, 0.3) is 0 Å². The van der Waals surface area contributed by atoms with Crippen LogP contribution in [0.15, 0.2) is 30.3 Å². The van der Waals surface area contributed by atoms with E-state index in [2.05, 4.69) is 0 Å². The van der Waals surface area contributed by atoms with Crippen molar-refractivity contribution in [1.82, 2.24) is 3.71 Å². The Balaban J connectivity index is 3.27. The minimum Gasteiger partial charge on any atom is -0.202 e. The van der Waals surface area contributed by atoms with Crippen molar-refractivity contribution < 1.29 is 33.9 Å². The third-order valence-electron chi connectivity index (χ3n) is 1.96. The van der Waals surface area contributed by atoms with Crippen LogP contribution in [0.5, 0.6) is 0 Å². The van der Waals surface area contributed by atoms with Gasteiger partial charge in [-0.1, -0.05) is 37.9 Å². The van der Waals surface area contributed by atoms with Gasteiger partial charge < -0.3 is 0 Å². The zero-order chi connectivity index (χ0) is 14.9. The van der Waals surface area contributed by atoms with Crippen LogP contribution >= 0.6 is 0 Å². The van der Waals surface area contributed by atoms with Gasteiger partial charge >= 0.3 is 25.9 Å². The molecule has 0 radical (unpaired) electrons. The number of nitrogens with zero attached hydrogens (tertiary/aromatic N) is 1. The Kier molecular flexibility index (Phi) is 4.22. The van der Waals surface area contributed by atoms with E-state index in [1.165, 1.54) is 18.2 Å². The minimum absolute atomic E-state index is 0.114. The molecule has 0 aromatic heterocycles. The van der Waals surface area contributed by atoms with Crippen molar-refractivity contribution in [1.29, 1.82) is 0 Å². The second-order valence-corrected chi connectivity index (χ2v) is 6.66. The van der Waals surface area contributed by atoms with E-state index in [1.807, 2.05) is 0 Å². The summed E-state index contributed by atoms with van der Waals surface area (Å²) < 4.78 is 91.5. The molecule has 1 aromatic carbocycles. The van der Waals surface area contributed by atoms with Crippen LogP contribution in [0.2, 0.25) is 0 Å². The van der Waals surface area contributed by atoms with E-state index >= 15 is 0 Å². The van der Waals surface area contributed by atoms with Crippen molar-refractivity contribution in [3.05, 3.63) is 35.9 Å². The zero-order valence-corrected chi connectivity index (χ0v) is 10.6. The molecule has 0 aliphatic rings. The van der Waals surface area contributed by atoms with Crippen LogP contribution < -0.4 is 0 Å². The van der Waals surface area contributed by atoms with Gasteiger partial charge in [-0.05, 0) is 5.56 Å². The molecule has 0 heterocycles. The lowest BCUT2D eigenvalue weighted by atomic mass is 10.2. The largest absolute Gasteiger partial charge is 0.512 e. The number of alkyl halides is 3. The molecule has 0 atom stereocenters. The molecule has 1 rings (SSSR count). The number of sulfonamides is 1. The van der Waals surface area contributed by atoms with Crippen molar-refractivity contribution >= 4 is 20.4 Å². The summed E-state index contributed by atoms with van der Waals surface area (Å²) in [4.78, 5) is 0. The van der Waals surface area contributed by atoms with Gasteiger partial charge in [-0.2, -0.15) is 21.6 Å². The quantitative estimate of drug-likeness (QED) is 0.623. The van der Waals surface area contributed by atoms with E-state index in [4.69, 9.17) is 0 Å². The molecule has 19 heavy (non-hydrogen) atoms. The van der Waals surface area contributed by atoms with E-state index in [9.17, 15) is 33.9 Å². The summed E-state index contributed by atoms with van der Waals surface area (Å²) in [5, 5.41) is 0. The fourth-order valence-electron chi connectivity index (χ4n) is 1.13. The van der Waals surface area contributed by atoms with Crippen LogP contribution in [-0.2, 0) is 27.0 Å². The highest BCUT2D eigenvalue weighted by molar-refractivity contribution is 8.02. The highest BCUT2D eigenvalue weighted by Gasteiger charge is 2.54. The van der Waals surface area contributed by atoms with Crippen molar-refractivity contribution in [2.75, 3.05) is 0 Å². The molecule has 0 fully saturated rings. The number of hydrogen-bond donors (Lipinski definition) is 0. The highest BCUT2D eigenvalue weighted by atomic mass is 32.3. The van der Waals surface area contributed by atoms with E-state index in [1.54, 1.807) is 0 Å². The molecule has 108 valence electrons. The lowest BCUT2D eigenvalue weighted by Crippen LogP contribution is -2.42. The molecule has 0 aliphatic carbocycles. The Morgan fingerprint density at radius 3 is 1.84 bits per heavy atom. The van der Waals surface area contributed by atoms with Gasteiger partial charge in [0.05, 0.1) is 6.54 Å². The van der Waals surface area contributed by atoms with Crippen LogP contribution in [0.4, 0.5) is 17.1 Å². The molecule has 5 nitrogen and oxygen atoms in total. The van der Waals surface area contributed by atoms with Gasteiger partial charge in [-0.3, -0.25) is 0 Å². The average Bonchev–Trinajstić information content (AvgIpc) is 2.24. The summed E-state index contributed by atoms with van der Waals surface area (Å²) in [6.07, 6.45) is 0. The van der Waals surface area contributed by atoms with Gasteiger partial charge in [0, 0.05) is 0 Å². The third-order valence-corrected chi connectivity index (χ3v) is 4.95. The molecular weight excluding hydrogens is 314 g/mol. The first-order valence-corrected chi connectivity index (χ1v) is 7.32. The fourth-order valence-corrected chi connectivity index (χ4v) is 3.17. The Labute approximate surface area is 106 Å². The predicted octanol–water partition coefficient (Wildman–Crippen LogP) is 1.55. The molecule has 0 N–H and O–H groups in total. The van der Waals surface area contributed by atoms with E-state index in [-0.39, 0.29) is 5.56 Å². The normalized spacial score (nSPS) is 13.7. The molecule has 0 unspecified atom stereocenters. The Morgan fingerprint density at radius 2 is 1.47 bits per heavy atom. The fraction of sp³-hybridized carbons (Fsp3) is 0.250. The van der Waals surface area contributed by atoms with Crippen molar-refractivity contribution in [3.63, 3.8) is 0 Å². The van der Waals surface area contributed by atoms with Crippen LogP contribution in [-0.4, -0.2) is 26.1 Å². The monoisotopic (exact) mass is 321 g/mol. The van der Waals surface area contributed by atoms with Crippen LogP contribution in [0, 0.1) is 0 Å². The van der Waals surface area contributed by atoms with Crippen LogP contribution in [0.3, 0.4) is 0 Å². The summed E-state index contributed by atoms with van der Waals surface area (Å²) in [7, 11) is -12.4. The van der Waals surface area contributed by atoms with Crippen molar-refractivity contribution in [2.24, 2.45) is 0 Å². The molecule has 0 aliphatic heterocycles. The summed E-state index contributed by atoms with van der Waals surface area (Å²) in [5.74, 6) is 0. The smallest absolute Gasteiger partial charge is 0.202 e.